The number of ketones is 1. The summed E-state index contributed by atoms with van der Waals surface area (Å²) in [5.74, 6) is 0.444. The van der Waals surface area contributed by atoms with Crippen molar-refractivity contribution in [2.24, 2.45) is 0 Å². The fourth-order valence-corrected chi connectivity index (χ4v) is 4.05. The zero-order valence-electron chi connectivity index (χ0n) is 16.1. The topological polar surface area (TPSA) is 64.6 Å². The van der Waals surface area contributed by atoms with Gasteiger partial charge in [-0.1, -0.05) is 18.2 Å². The number of halogens is 1. The molecule has 0 spiro atoms. The molecule has 30 heavy (non-hydrogen) atoms. The quantitative estimate of drug-likeness (QED) is 0.565. The molecule has 0 saturated heterocycles. The van der Waals surface area contributed by atoms with Gasteiger partial charge in [-0.05, 0) is 47.3 Å². The summed E-state index contributed by atoms with van der Waals surface area (Å²) >= 11 is 1.51. The van der Waals surface area contributed by atoms with Gasteiger partial charge < -0.3 is 14.8 Å². The molecule has 2 heterocycles. The van der Waals surface area contributed by atoms with Gasteiger partial charge in [0.05, 0.1) is 6.04 Å². The molecule has 4 rings (SSSR count). The van der Waals surface area contributed by atoms with E-state index in [0.717, 1.165) is 10.4 Å². The van der Waals surface area contributed by atoms with E-state index in [0.29, 0.717) is 30.3 Å². The van der Waals surface area contributed by atoms with E-state index in [1.165, 1.54) is 23.5 Å². The van der Waals surface area contributed by atoms with Crippen LogP contribution in [0, 0.1) is 5.82 Å². The van der Waals surface area contributed by atoms with E-state index in [1.54, 1.807) is 30.3 Å². The number of nitrogens with one attached hydrogen (secondary N) is 1. The van der Waals surface area contributed by atoms with Crippen molar-refractivity contribution in [3.63, 3.8) is 0 Å². The molecule has 0 saturated carbocycles. The maximum atomic E-state index is 13.3. The summed E-state index contributed by atoms with van der Waals surface area (Å²) in [4.78, 5) is 26.1. The lowest BCUT2D eigenvalue weighted by molar-refractivity contribution is -0.121. The van der Waals surface area contributed by atoms with Crippen LogP contribution in [-0.2, 0) is 4.79 Å². The SMILES string of the molecule is O=C(CCC(=O)c1ccc2c(c1)OCCO2)N[C@@H](c1ccc(F)cc1)c1cccs1. The maximum Gasteiger partial charge on any atom is 0.221 e. The van der Waals surface area contributed by atoms with Crippen molar-refractivity contribution in [1.29, 1.82) is 0 Å². The fraction of sp³-hybridized carbons (Fsp3) is 0.217. The van der Waals surface area contributed by atoms with E-state index < -0.39 is 0 Å². The van der Waals surface area contributed by atoms with Gasteiger partial charge in [-0.2, -0.15) is 0 Å². The second-order valence-electron chi connectivity index (χ2n) is 6.85. The van der Waals surface area contributed by atoms with E-state index in [1.807, 2.05) is 17.5 Å². The van der Waals surface area contributed by atoms with Crippen LogP contribution in [0.25, 0.3) is 0 Å². The first kappa shape index (κ1) is 20.1. The van der Waals surface area contributed by atoms with Crippen molar-refractivity contribution >= 4 is 23.0 Å². The van der Waals surface area contributed by atoms with Gasteiger partial charge in [-0.25, -0.2) is 4.39 Å². The van der Waals surface area contributed by atoms with Crippen molar-refractivity contribution in [3.05, 3.63) is 81.8 Å². The third-order valence-electron chi connectivity index (χ3n) is 4.78. The number of benzene rings is 2. The van der Waals surface area contributed by atoms with Crippen molar-refractivity contribution in [2.45, 2.75) is 18.9 Å². The highest BCUT2D eigenvalue weighted by Gasteiger charge is 2.20. The first-order chi connectivity index (χ1) is 14.6. The maximum absolute atomic E-state index is 13.3. The fourth-order valence-electron chi connectivity index (χ4n) is 3.25. The first-order valence-electron chi connectivity index (χ1n) is 9.61. The van der Waals surface area contributed by atoms with Crippen LogP contribution >= 0.6 is 11.3 Å². The number of rotatable bonds is 7. The molecule has 0 unspecified atom stereocenters. The number of thiophene rings is 1. The molecule has 0 aliphatic carbocycles. The summed E-state index contributed by atoms with van der Waals surface area (Å²) < 4.78 is 24.3. The van der Waals surface area contributed by atoms with E-state index in [4.69, 9.17) is 9.47 Å². The Hall–Kier alpha value is -3.19. The number of hydrogen-bond acceptors (Lipinski definition) is 5. The lowest BCUT2D eigenvalue weighted by Crippen LogP contribution is -2.29. The number of Topliss-reactive ketones (excluding diaryl/α,β-unsaturated/α-hetero) is 1. The lowest BCUT2D eigenvalue weighted by Gasteiger charge is -2.19. The Labute approximate surface area is 177 Å². The Morgan fingerprint density at radius 2 is 1.77 bits per heavy atom. The monoisotopic (exact) mass is 425 g/mol. The summed E-state index contributed by atoms with van der Waals surface area (Å²) in [5.41, 5.74) is 1.27. The molecule has 1 aliphatic heterocycles. The summed E-state index contributed by atoms with van der Waals surface area (Å²) in [5, 5.41) is 4.88. The molecule has 1 aromatic heterocycles. The minimum Gasteiger partial charge on any atom is -0.486 e. The molecule has 3 aromatic rings. The van der Waals surface area contributed by atoms with Gasteiger partial charge in [0.1, 0.15) is 19.0 Å². The molecule has 154 valence electrons. The van der Waals surface area contributed by atoms with Gasteiger partial charge >= 0.3 is 0 Å². The average molecular weight is 425 g/mol. The number of fused-ring (bicyclic) bond motifs is 1. The minimum atomic E-state index is -0.387. The normalized spacial score (nSPS) is 13.5. The molecule has 1 atom stereocenters. The zero-order valence-corrected chi connectivity index (χ0v) is 16.9. The standard InChI is InChI=1S/C23H20FNO4S/c24-17-6-3-15(4-7-17)23(21-2-1-13-30-21)25-22(27)10-8-18(26)16-5-9-19-20(14-16)29-12-11-28-19/h1-7,9,13-14,23H,8,10-12H2,(H,25,27)/t23-/m0/s1. The number of ether oxygens (including phenoxy) is 2. The molecular weight excluding hydrogens is 405 g/mol. The molecule has 5 nitrogen and oxygen atoms in total. The van der Waals surface area contributed by atoms with Crippen molar-refractivity contribution < 1.29 is 23.5 Å². The Kier molecular flexibility index (Phi) is 6.09. The Morgan fingerprint density at radius 1 is 1.00 bits per heavy atom. The molecule has 0 bridgehead atoms. The summed E-state index contributed by atoms with van der Waals surface area (Å²) in [6.07, 6.45) is 0.127. The highest BCUT2D eigenvalue weighted by Crippen LogP contribution is 2.31. The van der Waals surface area contributed by atoms with Crippen molar-refractivity contribution in [1.82, 2.24) is 5.32 Å². The van der Waals surface area contributed by atoms with Crippen LogP contribution in [0.4, 0.5) is 4.39 Å². The second kappa shape index (κ2) is 9.09. The predicted molar refractivity (Wildman–Crippen MR) is 112 cm³/mol. The predicted octanol–water partition coefficient (Wildman–Crippen LogP) is 4.53. The van der Waals surface area contributed by atoms with Crippen LogP contribution in [0.3, 0.4) is 0 Å². The Balaban J connectivity index is 1.40. The first-order valence-corrected chi connectivity index (χ1v) is 10.5. The largest absolute Gasteiger partial charge is 0.486 e. The molecule has 2 aromatic carbocycles. The molecule has 1 aliphatic rings. The summed E-state index contributed by atoms with van der Waals surface area (Å²) in [6.45, 7) is 0.931. The van der Waals surface area contributed by atoms with E-state index in [2.05, 4.69) is 5.32 Å². The lowest BCUT2D eigenvalue weighted by atomic mass is 10.0. The van der Waals surface area contributed by atoms with Crippen molar-refractivity contribution in [2.75, 3.05) is 13.2 Å². The highest BCUT2D eigenvalue weighted by molar-refractivity contribution is 7.10. The smallest absolute Gasteiger partial charge is 0.221 e. The van der Waals surface area contributed by atoms with E-state index in [9.17, 15) is 14.0 Å². The molecular formula is C23H20FNO4S. The number of carbonyl (C=O) groups excluding carboxylic acids is 2. The number of amides is 1. The van der Waals surface area contributed by atoms with E-state index in [-0.39, 0.29) is 36.4 Å². The van der Waals surface area contributed by atoms with Crippen LogP contribution in [0.1, 0.15) is 39.7 Å². The van der Waals surface area contributed by atoms with E-state index >= 15 is 0 Å². The van der Waals surface area contributed by atoms with Gasteiger partial charge in [0.2, 0.25) is 5.91 Å². The summed E-state index contributed by atoms with van der Waals surface area (Å²) in [7, 11) is 0. The average Bonchev–Trinajstić information content (AvgIpc) is 3.31. The van der Waals surface area contributed by atoms with Gasteiger partial charge in [0, 0.05) is 23.3 Å². The summed E-state index contributed by atoms with van der Waals surface area (Å²) in [6, 6.07) is 14.5. The molecule has 1 N–H and O–H groups in total. The molecule has 1 amide bonds. The number of hydrogen-bond donors (Lipinski definition) is 1. The zero-order chi connectivity index (χ0) is 20.9. The third-order valence-corrected chi connectivity index (χ3v) is 5.72. The van der Waals surface area contributed by atoms with Crippen LogP contribution in [0.15, 0.2) is 60.0 Å². The van der Waals surface area contributed by atoms with Gasteiger partial charge in [0.25, 0.3) is 0 Å². The van der Waals surface area contributed by atoms with Crippen LogP contribution in [-0.4, -0.2) is 24.9 Å². The number of carbonyl (C=O) groups is 2. The Bertz CT molecular complexity index is 1030. The molecule has 0 fully saturated rings. The van der Waals surface area contributed by atoms with Crippen LogP contribution < -0.4 is 14.8 Å². The molecule has 0 radical (unpaired) electrons. The van der Waals surface area contributed by atoms with Gasteiger partial charge in [-0.3, -0.25) is 9.59 Å². The highest BCUT2D eigenvalue weighted by atomic mass is 32.1. The van der Waals surface area contributed by atoms with Gasteiger partial charge in [0.15, 0.2) is 17.3 Å². The second-order valence-corrected chi connectivity index (χ2v) is 7.83. The van der Waals surface area contributed by atoms with Crippen LogP contribution in [0.5, 0.6) is 11.5 Å². The van der Waals surface area contributed by atoms with Crippen LogP contribution in [0.2, 0.25) is 0 Å². The van der Waals surface area contributed by atoms with Gasteiger partial charge in [-0.15, -0.1) is 11.3 Å². The minimum absolute atomic E-state index is 0.0519. The van der Waals surface area contributed by atoms with Crippen molar-refractivity contribution in [3.8, 4) is 11.5 Å². The Morgan fingerprint density at radius 3 is 2.50 bits per heavy atom. The molecule has 7 heteroatoms. The third kappa shape index (κ3) is 4.68.